The molecule has 0 fully saturated rings. The van der Waals surface area contributed by atoms with E-state index in [2.05, 4.69) is 9.97 Å². The molecule has 0 saturated heterocycles. The molecule has 0 amide bonds. The van der Waals surface area contributed by atoms with Crippen LogP contribution in [0, 0.1) is 5.82 Å². The van der Waals surface area contributed by atoms with Crippen molar-refractivity contribution in [1.29, 1.82) is 0 Å². The molecule has 0 aromatic carbocycles. The maximum Gasteiger partial charge on any atom is 0.227 e. The van der Waals surface area contributed by atoms with Gasteiger partial charge in [0.2, 0.25) is 5.88 Å². The summed E-state index contributed by atoms with van der Waals surface area (Å²) in [6.45, 7) is 0. The lowest BCUT2D eigenvalue weighted by Gasteiger charge is -2.09. The largest absolute Gasteiger partial charge is 0.480 e. The van der Waals surface area contributed by atoms with Gasteiger partial charge in [0.15, 0.2) is 6.29 Å². The number of rotatable bonds is 3. The van der Waals surface area contributed by atoms with Crippen LogP contribution in [0.2, 0.25) is 10.2 Å². The Kier molecular flexibility index (Phi) is 3.97. The fourth-order valence-corrected chi connectivity index (χ4v) is 1.88. The van der Waals surface area contributed by atoms with E-state index in [-0.39, 0.29) is 27.3 Å². The van der Waals surface area contributed by atoms with Crippen LogP contribution in [0.5, 0.6) is 5.88 Å². The number of hydrogen-bond donors (Lipinski definition) is 0. The van der Waals surface area contributed by atoms with Gasteiger partial charge in [0, 0.05) is 17.8 Å². The minimum atomic E-state index is -0.749. The van der Waals surface area contributed by atoms with Crippen molar-refractivity contribution in [2.24, 2.45) is 0 Å². The first-order chi connectivity index (χ1) is 9.08. The Morgan fingerprint density at radius 1 is 1.42 bits per heavy atom. The Hall–Kier alpha value is -1.72. The van der Waals surface area contributed by atoms with Crippen molar-refractivity contribution in [3.05, 3.63) is 39.9 Å². The number of ether oxygens (including phenoxy) is 1. The second kappa shape index (κ2) is 5.50. The van der Waals surface area contributed by atoms with E-state index in [0.717, 1.165) is 6.07 Å². The first-order valence-corrected chi connectivity index (χ1v) is 5.84. The van der Waals surface area contributed by atoms with Crippen LogP contribution in [0.4, 0.5) is 4.39 Å². The molecule has 0 bridgehead atoms. The predicted molar refractivity (Wildman–Crippen MR) is 69.4 cm³/mol. The summed E-state index contributed by atoms with van der Waals surface area (Å²) in [5.74, 6) is -0.866. The van der Waals surface area contributed by atoms with Crippen LogP contribution in [0.15, 0.2) is 18.3 Å². The molecule has 0 unspecified atom stereocenters. The number of methoxy groups -OCH3 is 1. The summed E-state index contributed by atoms with van der Waals surface area (Å²) in [5.41, 5.74) is 0.355. The summed E-state index contributed by atoms with van der Waals surface area (Å²) >= 11 is 11.8. The van der Waals surface area contributed by atoms with E-state index in [4.69, 9.17) is 27.9 Å². The normalized spacial score (nSPS) is 10.3. The molecule has 2 aromatic rings. The van der Waals surface area contributed by atoms with E-state index < -0.39 is 5.82 Å². The SMILES string of the molecule is COc1nc(-c2ccnc(Cl)c2Cl)cc(F)c1C=O. The number of carbonyl (C=O) groups excluding carboxylic acids is 1. The Balaban J connectivity index is 2.67. The Labute approximate surface area is 118 Å². The summed E-state index contributed by atoms with van der Waals surface area (Å²) in [6, 6.07) is 2.62. The summed E-state index contributed by atoms with van der Waals surface area (Å²) in [6.07, 6.45) is 1.76. The molecular weight excluding hydrogens is 294 g/mol. The predicted octanol–water partition coefficient (Wildman–Crippen LogP) is 3.41. The van der Waals surface area contributed by atoms with Gasteiger partial charge in [-0.3, -0.25) is 4.79 Å². The van der Waals surface area contributed by atoms with Gasteiger partial charge in [-0.05, 0) is 6.07 Å². The first-order valence-electron chi connectivity index (χ1n) is 5.08. The van der Waals surface area contributed by atoms with Crippen molar-refractivity contribution >= 4 is 29.5 Å². The Bertz CT molecular complexity index is 650. The monoisotopic (exact) mass is 300 g/mol. The van der Waals surface area contributed by atoms with Crippen molar-refractivity contribution in [3.8, 4) is 17.1 Å². The van der Waals surface area contributed by atoms with E-state index in [1.54, 1.807) is 0 Å². The third kappa shape index (κ3) is 2.52. The van der Waals surface area contributed by atoms with Gasteiger partial charge in [-0.1, -0.05) is 23.2 Å². The molecule has 0 N–H and O–H groups in total. The fourth-order valence-electron chi connectivity index (χ4n) is 1.52. The smallest absolute Gasteiger partial charge is 0.227 e. The molecular formula is C12H7Cl2FN2O2. The van der Waals surface area contributed by atoms with Gasteiger partial charge in [0.05, 0.1) is 17.8 Å². The van der Waals surface area contributed by atoms with Gasteiger partial charge in [0.1, 0.15) is 16.5 Å². The molecule has 19 heavy (non-hydrogen) atoms. The van der Waals surface area contributed by atoms with Crippen molar-refractivity contribution < 1.29 is 13.9 Å². The van der Waals surface area contributed by atoms with Crippen LogP contribution in [0.3, 0.4) is 0 Å². The molecule has 4 nitrogen and oxygen atoms in total. The van der Waals surface area contributed by atoms with Crippen molar-refractivity contribution in [3.63, 3.8) is 0 Å². The number of hydrogen-bond acceptors (Lipinski definition) is 4. The highest BCUT2D eigenvalue weighted by molar-refractivity contribution is 6.42. The Morgan fingerprint density at radius 3 is 2.79 bits per heavy atom. The quantitative estimate of drug-likeness (QED) is 0.644. The molecule has 0 saturated carbocycles. The molecule has 7 heteroatoms. The Morgan fingerprint density at radius 2 is 2.16 bits per heavy atom. The number of halogens is 3. The third-order valence-corrected chi connectivity index (χ3v) is 3.17. The molecule has 0 aliphatic carbocycles. The molecule has 0 aliphatic rings. The molecule has 0 radical (unpaired) electrons. The fraction of sp³-hybridized carbons (Fsp3) is 0.0833. The minimum Gasteiger partial charge on any atom is -0.480 e. The first kappa shape index (κ1) is 13.7. The number of pyridine rings is 2. The summed E-state index contributed by atoms with van der Waals surface area (Å²) < 4.78 is 18.6. The lowest BCUT2D eigenvalue weighted by molar-refractivity contribution is 0.111. The van der Waals surface area contributed by atoms with Crippen LogP contribution in [0.1, 0.15) is 10.4 Å². The van der Waals surface area contributed by atoms with Crippen LogP contribution in [-0.2, 0) is 0 Å². The zero-order valence-electron chi connectivity index (χ0n) is 9.65. The number of aldehydes is 1. The highest BCUT2D eigenvalue weighted by atomic mass is 35.5. The minimum absolute atomic E-state index is 0.0832. The summed E-state index contributed by atoms with van der Waals surface area (Å²) in [7, 11) is 1.29. The lowest BCUT2D eigenvalue weighted by Crippen LogP contribution is -2.00. The lowest BCUT2D eigenvalue weighted by atomic mass is 10.1. The summed E-state index contributed by atoms with van der Waals surface area (Å²) in [5, 5.41) is 0.233. The van der Waals surface area contributed by atoms with E-state index in [1.165, 1.54) is 19.4 Å². The number of nitrogens with zero attached hydrogens (tertiary/aromatic N) is 2. The van der Waals surface area contributed by atoms with Gasteiger partial charge < -0.3 is 4.74 Å². The van der Waals surface area contributed by atoms with Crippen molar-refractivity contribution in [2.75, 3.05) is 7.11 Å². The molecule has 2 heterocycles. The maximum absolute atomic E-state index is 13.8. The van der Waals surface area contributed by atoms with E-state index >= 15 is 0 Å². The van der Waals surface area contributed by atoms with Crippen LogP contribution in [-0.4, -0.2) is 23.4 Å². The number of carbonyl (C=O) groups is 1. The third-order valence-electron chi connectivity index (χ3n) is 2.41. The second-order valence-corrected chi connectivity index (χ2v) is 4.23. The molecule has 0 atom stereocenters. The average Bonchev–Trinajstić information content (AvgIpc) is 2.40. The van der Waals surface area contributed by atoms with Gasteiger partial charge in [-0.25, -0.2) is 14.4 Å². The molecule has 2 rings (SSSR count). The van der Waals surface area contributed by atoms with Crippen LogP contribution < -0.4 is 4.74 Å². The number of aromatic nitrogens is 2. The maximum atomic E-state index is 13.8. The van der Waals surface area contributed by atoms with Crippen LogP contribution >= 0.6 is 23.2 Å². The van der Waals surface area contributed by atoms with E-state index in [1.807, 2.05) is 0 Å². The van der Waals surface area contributed by atoms with Crippen molar-refractivity contribution in [2.45, 2.75) is 0 Å². The van der Waals surface area contributed by atoms with Gasteiger partial charge in [-0.2, -0.15) is 0 Å². The highest BCUT2D eigenvalue weighted by Gasteiger charge is 2.16. The molecule has 0 aliphatic heterocycles. The average molecular weight is 301 g/mol. The summed E-state index contributed by atoms with van der Waals surface area (Å²) in [4.78, 5) is 18.6. The van der Waals surface area contributed by atoms with Gasteiger partial charge >= 0.3 is 0 Å². The van der Waals surface area contributed by atoms with Gasteiger partial charge in [0.25, 0.3) is 0 Å². The molecule has 2 aromatic heterocycles. The zero-order chi connectivity index (χ0) is 14.0. The van der Waals surface area contributed by atoms with E-state index in [9.17, 15) is 9.18 Å². The molecule has 98 valence electrons. The van der Waals surface area contributed by atoms with Crippen LogP contribution in [0.25, 0.3) is 11.3 Å². The van der Waals surface area contributed by atoms with Crippen molar-refractivity contribution in [1.82, 2.24) is 9.97 Å². The highest BCUT2D eigenvalue weighted by Crippen LogP contribution is 2.33. The van der Waals surface area contributed by atoms with Gasteiger partial charge in [-0.15, -0.1) is 0 Å². The molecule has 0 spiro atoms. The second-order valence-electron chi connectivity index (χ2n) is 3.49. The zero-order valence-corrected chi connectivity index (χ0v) is 11.2. The van der Waals surface area contributed by atoms with E-state index in [0.29, 0.717) is 11.8 Å². The topological polar surface area (TPSA) is 52.1 Å². The standard InChI is InChI=1S/C12H7Cl2FN2O2/c1-19-12-7(5-18)8(15)4-9(17-12)6-2-3-16-11(14)10(6)13/h2-5H,1H3.